The fourth-order valence-corrected chi connectivity index (χ4v) is 1.84. The summed E-state index contributed by atoms with van der Waals surface area (Å²) in [4.78, 5) is 0. The molecule has 0 saturated carbocycles. The lowest BCUT2D eigenvalue weighted by Gasteiger charge is -1.97. The number of hydrogen-bond donors (Lipinski definition) is 0. The van der Waals surface area contributed by atoms with Crippen LogP contribution in [0.1, 0.15) is 20.3 Å². The van der Waals surface area contributed by atoms with Crippen molar-refractivity contribution in [2.75, 3.05) is 0 Å². The lowest BCUT2D eigenvalue weighted by molar-refractivity contribution is 1.04. The molecule has 46 valence electrons. The van der Waals surface area contributed by atoms with Crippen molar-refractivity contribution in [2.45, 2.75) is 31.9 Å². The highest BCUT2D eigenvalue weighted by molar-refractivity contribution is 6.37. The van der Waals surface area contributed by atoms with Crippen molar-refractivity contribution in [3.8, 4) is 12.3 Å². The molecular formula is C7H14Si. The molecule has 0 rings (SSSR count). The molecule has 0 aromatic heterocycles. The summed E-state index contributed by atoms with van der Waals surface area (Å²) in [5.41, 5.74) is 0.948. The van der Waals surface area contributed by atoms with E-state index in [0.717, 1.165) is 12.0 Å². The SMILES string of the molecule is C#CCC[SiH2]C(C)C. The van der Waals surface area contributed by atoms with Crippen LogP contribution in [0.25, 0.3) is 0 Å². The van der Waals surface area contributed by atoms with Gasteiger partial charge in [0.2, 0.25) is 0 Å². The molecule has 0 aliphatic heterocycles. The lowest BCUT2D eigenvalue weighted by Crippen LogP contribution is -1.92. The highest BCUT2D eigenvalue weighted by Gasteiger charge is 1.91. The third-order valence-electron chi connectivity index (χ3n) is 1.10. The average Bonchev–Trinajstić information content (AvgIpc) is 1.66. The van der Waals surface area contributed by atoms with E-state index in [1.807, 2.05) is 0 Å². The maximum atomic E-state index is 5.09. The van der Waals surface area contributed by atoms with Gasteiger partial charge in [0.25, 0.3) is 0 Å². The van der Waals surface area contributed by atoms with Crippen LogP contribution in [0.3, 0.4) is 0 Å². The second-order valence-electron chi connectivity index (χ2n) is 2.49. The minimum atomic E-state index is 0.193. The van der Waals surface area contributed by atoms with Crippen molar-refractivity contribution in [3.05, 3.63) is 0 Å². The average molecular weight is 126 g/mol. The zero-order chi connectivity index (χ0) is 6.41. The first-order valence-electron chi connectivity index (χ1n) is 3.21. The monoisotopic (exact) mass is 126 g/mol. The molecule has 0 unspecified atom stereocenters. The molecule has 0 amide bonds. The van der Waals surface area contributed by atoms with Crippen molar-refractivity contribution in [2.24, 2.45) is 0 Å². The Hall–Kier alpha value is -0.223. The first-order chi connectivity index (χ1) is 3.77. The van der Waals surface area contributed by atoms with Gasteiger partial charge in [-0.3, -0.25) is 0 Å². The van der Waals surface area contributed by atoms with Gasteiger partial charge in [-0.25, -0.2) is 0 Å². The van der Waals surface area contributed by atoms with E-state index in [9.17, 15) is 0 Å². The van der Waals surface area contributed by atoms with E-state index < -0.39 is 0 Å². The van der Waals surface area contributed by atoms with Gasteiger partial charge < -0.3 is 0 Å². The third kappa shape index (κ3) is 5.78. The van der Waals surface area contributed by atoms with E-state index in [2.05, 4.69) is 19.8 Å². The van der Waals surface area contributed by atoms with Crippen molar-refractivity contribution in [3.63, 3.8) is 0 Å². The standard InChI is InChI=1S/C7H14Si/c1-4-5-6-8-7(2)3/h1,7H,5-6,8H2,2-3H3. The molecule has 0 nitrogen and oxygen atoms in total. The minimum absolute atomic E-state index is 0.193. The largest absolute Gasteiger partial charge is 0.120 e. The summed E-state index contributed by atoms with van der Waals surface area (Å²) >= 11 is 0. The van der Waals surface area contributed by atoms with Crippen LogP contribution in [0.4, 0.5) is 0 Å². The Labute approximate surface area is 54.5 Å². The van der Waals surface area contributed by atoms with Crippen molar-refractivity contribution in [1.29, 1.82) is 0 Å². The summed E-state index contributed by atoms with van der Waals surface area (Å²) in [6.45, 7) is 4.56. The first kappa shape index (κ1) is 7.78. The van der Waals surface area contributed by atoms with E-state index in [1.165, 1.54) is 6.04 Å². The van der Waals surface area contributed by atoms with E-state index in [0.29, 0.717) is 0 Å². The normalized spacial score (nSPS) is 10.8. The van der Waals surface area contributed by atoms with Gasteiger partial charge in [-0.15, -0.1) is 12.3 Å². The molecule has 1 heteroatoms. The zero-order valence-corrected chi connectivity index (χ0v) is 7.19. The van der Waals surface area contributed by atoms with Gasteiger partial charge in [0, 0.05) is 15.9 Å². The highest BCUT2D eigenvalue weighted by atomic mass is 28.2. The smallest absolute Gasteiger partial charge is 0.0234 e. The summed E-state index contributed by atoms with van der Waals surface area (Å²) < 4.78 is 0. The van der Waals surface area contributed by atoms with Crippen LogP contribution in [0.2, 0.25) is 11.6 Å². The number of hydrogen-bond acceptors (Lipinski definition) is 0. The molecule has 0 fully saturated rings. The maximum absolute atomic E-state index is 5.09. The Morgan fingerprint density at radius 3 is 2.62 bits per heavy atom. The summed E-state index contributed by atoms with van der Waals surface area (Å²) in [7, 11) is 0.193. The second kappa shape index (κ2) is 4.92. The molecule has 0 radical (unpaired) electrons. The maximum Gasteiger partial charge on any atom is 0.0234 e. The molecule has 0 N–H and O–H groups in total. The molecule has 0 aromatic carbocycles. The number of terminal acetylenes is 1. The highest BCUT2D eigenvalue weighted by Crippen LogP contribution is 2.01. The van der Waals surface area contributed by atoms with Crippen LogP contribution in [-0.2, 0) is 0 Å². The molecule has 0 aliphatic carbocycles. The van der Waals surface area contributed by atoms with Crippen LogP contribution in [-0.4, -0.2) is 9.52 Å². The summed E-state index contributed by atoms with van der Waals surface area (Å²) in [6, 6.07) is 1.33. The second-order valence-corrected chi connectivity index (χ2v) is 5.41. The molecule has 0 saturated heterocycles. The molecule has 0 spiro atoms. The Morgan fingerprint density at radius 2 is 2.25 bits per heavy atom. The first-order valence-corrected chi connectivity index (χ1v) is 5.02. The van der Waals surface area contributed by atoms with Crippen LogP contribution < -0.4 is 0 Å². The van der Waals surface area contributed by atoms with Crippen molar-refractivity contribution < 1.29 is 0 Å². The third-order valence-corrected chi connectivity index (χ3v) is 3.02. The van der Waals surface area contributed by atoms with Crippen molar-refractivity contribution >= 4 is 9.52 Å². The van der Waals surface area contributed by atoms with Crippen molar-refractivity contribution in [1.82, 2.24) is 0 Å². The van der Waals surface area contributed by atoms with Gasteiger partial charge in [-0.05, 0) is 0 Å². The van der Waals surface area contributed by atoms with Gasteiger partial charge in [-0.2, -0.15) is 0 Å². The molecule has 0 aliphatic rings. The molecule has 8 heavy (non-hydrogen) atoms. The van der Waals surface area contributed by atoms with E-state index >= 15 is 0 Å². The van der Waals surface area contributed by atoms with Gasteiger partial charge in [0.1, 0.15) is 0 Å². The fourth-order valence-electron chi connectivity index (χ4n) is 0.612. The van der Waals surface area contributed by atoms with E-state index in [-0.39, 0.29) is 9.52 Å². The van der Waals surface area contributed by atoms with Gasteiger partial charge >= 0.3 is 0 Å². The number of rotatable bonds is 3. The van der Waals surface area contributed by atoms with Crippen LogP contribution >= 0.6 is 0 Å². The van der Waals surface area contributed by atoms with Gasteiger partial charge in [0.15, 0.2) is 0 Å². The molecule has 0 atom stereocenters. The van der Waals surface area contributed by atoms with E-state index in [4.69, 9.17) is 6.42 Å². The molecule has 0 heterocycles. The minimum Gasteiger partial charge on any atom is -0.120 e. The van der Waals surface area contributed by atoms with Gasteiger partial charge in [0.05, 0.1) is 0 Å². The Bertz CT molecular complexity index is 78.9. The molecule has 0 bridgehead atoms. The summed E-state index contributed by atoms with van der Waals surface area (Å²) in [6.07, 6.45) is 6.09. The van der Waals surface area contributed by atoms with Crippen LogP contribution in [0.5, 0.6) is 0 Å². The van der Waals surface area contributed by atoms with Crippen LogP contribution in [0.15, 0.2) is 0 Å². The zero-order valence-electron chi connectivity index (χ0n) is 5.78. The Morgan fingerprint density at radius 1 is 1.62 bits per heavy atom. The van der Waals surface area contributed by atoms with Crippen LogP contribution in [0, 0.1) is 12.3 Å². The molecular weight excluding hydrogens is 112 g/mol. The predicted molar refractivity (Wildman–Crippen MR) is 41.9 cm³/mol. The predicted octanol–water partition coefficient (Wildman–Crippen LogP) is 1.43. The fraction of sp³-hybridized carbons (Fsp3) is 0.714. The summed E-state index contributed by atoms with van der Waals surface area (Å²) in [5.74, 6) is 2.66. The summed E-state index contributed by atoms with van der Waals surface area (Å²) in [5, 5.41) is 0. The quantitative estimate of drug-likeness (QED) is 0.305. The lowest BCUT2D eigenvalue weighted by atomic mass is 10.5. The topological polar surface area (TPSA) is 0 Å². The van der Waals surface area contributed by atoms with E-state index in [1.54, 1.807) is 0 Å². The van der Waals surface area contributed by atoms with Gasteiger partial charge in [-0.1, -0.05) is 25.4 Å². The Balaban J connectivity index is 2.85. The Kier molecular flexibility index (Phi) is 4.79. The molecule has 0 aromatic rings.